The lowest BCUT2D eigenvalue weighted by molar-refractivity contribution is -0.111. The third-order valence-electron chi connectivity index (χ3n) is 2.62. The molecular formula is C14H10BrN3O2. The van der Waals surface area contributed by atoms with E-state index in [2.05, 4.69) is 31.2 Å². The summed E-state index contributed by atoms with van der Waals surface area (Å²) in [4.78, 5) is 19.0. The van der Waals surface area contributed by atoms with Gasteiger partial charge < -0.3 is 9.40 Å². The highest BCUT2D eigenvalue weighted by Crippen LogP contribution is 2.15. The molecule has 3 aromatic rings. The first-order valence-corrected chi connectivity index (χ1v) is 6.69. The average Bonchev–Trinajstić information content (AvgIpc) is 3.01. The highest BCUT2D eigenvalue weighted by atomic mass is 79.9. The Morgan fingerprint density at radius 2 is 2.15 bits per heavy atom. The predicted molar refractivity (Wildman–Crippen MR) is 80.2 cm³/mol. The lowest BCUT2D eigenvalue weighted by atomic mass is 10.3. The molecule has 0 atom stereocenters. The van der Waals surface area contributed by atoms with Gasteiger partial charge in [0.05, 0.1) is 11.0 Å². The number of aromatic nitrogens is 2. The highest BCUT2D eigenvalue weighted by molar-refractivity contribution is 9.10. The maximum atomic E-state index is 11.8. The third-order valence-corrected chi connectivity index (χ3v) is 3.05. The number of amides is 1. The summed E-state index contributed by atoms with van der Waals surface area (Å²) >= 11 is 3.20. The zero-order chi connectivity index (χ0) is 13.9. The summed E-state index contributed by atoms with van der Waals surface area (Å²) in [5, 5.41) is 2.66. The van der Waals surface area contributed by atoms with Gasteiger partial charge in [-0.1, -0.05) is 12.1 Å². The molecule has 0 spiro atoms. The fourth-order valence-electron chi connectivity index (χ4n) is 1.75. The molecule has 0 bridgehead atoms. The van der Waals surface area contributed by atoms with Crippen molar-refractivity contribution in [2.24, 2.45) is 0 Å². The number of hydrogen-bond donors (Lipinski definition) is 2. The van der Waals surface area contributed by atoms with Gasteiger partial charge in [-0.15, -0.1) is 0 Å². The van der Waals surface area contributed by atoms with Gasteiger partial charge in [0.1, 0.15) is 5.76 Å². The second-order valence-corrected chi connectivity index (χ2v) is 4.85. The number of H-pyrrole nitrogens is 1. The minimum absolute atomic E-state index is 0.281. The molecule has 0 radical (unpaired) electrons. The van der Waals surface area contributed by atoms with Crippen LogP contribution in [0.3, 0.4) is 0 Å². The number of nitrogens with zero attached hydrogens (tertiary/aromatic N) is 1. The van der Waals surface area contributed by atoms with Crippen LogP contribution < -0.4 is 5.32 Å². The van der Waals surface area contributed by atoms with Gasteiger partial charge in [0.2, 0.25) is 5.95 Å². The predicted octanol–water partition coefficient (Wildman–Crippen LogP) is 3.57. The van der Waals surface area contributed by atoms with Crippen molar-refractivity contribution < 1.29 is 9.21 Å². The Balaban J connectivity index is 1.70. The highest BCUT2D eigenvalue weighted by Gasteiger charge is 2.04. The van der Waals surface area contributed by atoms with E-state index in [0.717, 1.165) is 11.0 Å². The van der Waals surface area contributed by atoms with Crippen LogP contribution in [0.4, 0.5) is 5.95 Å². The molecular weight excluding hydrogens is 322 g/mol. The Morgan fingerprint density at radius 1 is 1.30 bits per heavy atom. The van der Waals surface area contributed by atoms with Crippen LogP contribution in [0.2, 0.25) is 0 Å². The van der Waals surface area contributed by atoms with Crippen molar-refractivity contribution in [1.29, 1.82) is 0 Å². The monoisotopic (exact) mass is 331 g/mol. The van der Waals surface area contributed by atoms with Gasteiger partial charge in [0.25, 0.3) is 5.91 Å². The van der Waals surface area contributed by atoms with Crippen LogP contribution in [-0.2, 0) is 4.79 Å². The van der Waals surface area contributed by atoms with Gasteiger partial charge in [-0.25, -0.2) is 4.98 Å². The van der Waals surface area contributed by atoms with E-state index in [1.54, 1.807) is 18.2 Å². The SMILES string of the molecule is O=C(C=Cc1ccc(Br)o1)Nc1nc2ccccc2[nH]1. The molecule has 6 heteroatoms. The normalized spacial score (nSPS) is 11.2. The Morgan fingerprint density at radius 3 is 2.90 bits per heavy atom. The molecule has 1 aromatic carbocycles. The van der Waals surface area contributed by atoms with Gasteiger partial charge in [-0.2, -0.15) is 0 Å². The van der Waals surface area contributed by atoms with E-state index in [-0.39, 0.29) is 5.91 Å². The van der Waals surface area contributed by atoms with Crippen molar-refractivity contribution in [3.63, 3.8) is 0 Å². The molecule has 5 nitrogen and oxygen atoms in total. The standard InChI is InChI=1S/C14H10BrN3O2/c15-12-7-5-9(20-12)6-8-13(19)18-14-16-10-3-1-2-4-11(10)17-14/h1-8H,(H2,16,17,18,19). The van der Waals surface area contributed by atoms with Crippen molar-refractivity contribution in [3.05, 3.63) is 52.9 Å². The number of carbonyl (C=O) groups is 1. The van der Waals surface area contributed by atoms with Crippen molar-refractivity contribution in [3.8, 4) is 0 Å². The number of rotatable bonds is 3. The van der Waals surface area contributed by atoms with E-state index in [1.807, 2.05) is 24.3 Å². The first-order valence-electron chi connectivity index (χ1n) is 5.90. The number of furan rings is 1. The van der Waals surface area contributed by atoms with Gasteiger partial charge in [-0.05, 0) is 46.3 Å². The number of fused-ring (bicyclic) bond motifs is 1. The third kappa shape index (κ3) is 2.80. The molecule has 0 aliphatic rings. The van der Waals surface area contributed by atoms with Gasteiger partial charge in [-0.3, -0.25) is 10.1 Å². The largest absolute Gasteiger partial charge is 0.450 e. The number of imidazole rings is 1. The van der Waals surface area contributed by atoms with Crippen molar-refractivity contribution >= 4 is 44.9 Å². The van der Waals surface area contributed by atoms with E-state index in [1.165, 1.54) is 6.08 Å². The molecule has 1 amide bonds. The van der Waals surface area contributed by atoms with E-state index >= 15 is 0 Å². The first kappa shape index (κ1) is 12.7. The topological polar surface area (TPSA) is 70.9 Å². The number of aromatic amines is 1. The summed E-state index contributed by atoms with van der Waals surface area (Å²) in [6.07, 6.45) is 2.97. The molecule has 0 aliphatic carbocycles. The van der Waals surface area contributed by atoms with Crippen molar-refractivity contribution in [2.45, 2.75) is 0 Å². The average molecular weight is 332 g/mol. The Bertz CT molecular complexity index is 755. The fourth-order valence-corrected chi connectivity index (χ4v) is 2.07. The zero-order valence-electron chi connectivity index (χ0n) is 10.3. The van der Waals surface area contributed by atoms with E-state index in [0.29, 0.717) is 16.4 Å². The fraction of sp³-hybridized carbons (Fsp3) is 0. The van der Waals surface area contributed by atoms with Gasteiger partial charge in [0.15, 0.2) is 4.67 Å². The molecule has 0 unspecified atom stereocenters. The minimum atomic E-state index is -0.281. The zero-order valence-corrected chi connectivity index (χ0v) is 11.8. The summed E-state index contributed by atoms with van der Waals surface area (Å²) in [7, 11) is 0. The second-order valence-electron chi connectivity index (χ2n) is 4.07. The quantitative estimate of drug-likeness (QED) is 0.720. The minimum Gasteiger partial charge on any atom is -0.450 e. The number of para-hydroxylation sites is 2. The first-order chi connectivity index (χ1) is 9.70. The number of hydrogen-bond acceptors (Lipinski definition) is 3. The molecule has 100 valence electrons. The van der Waals surface area contributed by atoms with Crippen LogP contribution in [0.1, 0.15) is 5.76 Å². The van der Waals surface area contributed by atoms with Crippen LogP contribution in [0.5, 0.6) is 0 Å². The molecule has 0 saturated heterocycles. The van der Waals surface area contributed by atoms with Gasteiger partial charge >= 0.3 is 0 Å². The van der Waals surface area contributed by atoms with E-state index < -0.39 is 0 Å². The summed E-state index contributed by atoms with van der Waals surface area (Å²) in [6, 6.07) is 11.1. The molecule has 0 fully saturated rings. The number of halogens is 1. The van der Waals surface area contributed by atoms with Crippen LogP contribution in [0.25, 0.3) is 17.1 Å². The van der Waals surface area contributed by atoms with E-state index in [9.17, 15) is 4.79 Å². The molecule has 2 heterocycles. The molecule has 2 N–H and O–H groups in total. The molecule has 0 aliphatic heterocycles. The summed E-state index contributed by atoms with van der Waals surface area (Å²) in [6.45, 7) is 0. The van der Waals surface area contributed by atoms with E-state index in [4.69, 9.17) is 4.42 Å². The Hall–Kier alpha value is -2.34. The molecule has 20 heavy (non-hydrogen) atoms. The van der Waals surface area contributed by atoms with Gasteiger partial charge in [0, 0.05) is 6.08 Å². The lowest BCUT2D eigenvalue weighted by Gasteiger charge is -1.95. The Labute approximate surface area is 122 Å². The summed E-state index contributed by atoms with van der Waals surface area (Å²) in [5.41, 5.74) is 1.68. The number of anilines is 1. The van der Waals surface area contributed by atoms with Crippen LogP contribution in [-0.4, -0.2) is 15.9 Å². The number of benzene rings is 1. The number of carbonyl (C=O) groups excluding carboxylic acids is 1. The lowest BCUT2D eigenvalue weighted by Crippen LogP contribution is -2.08. The summed E-state index contributed by atoms with van der Waals surface area (Å²) in [5.74, 6) is 0.731. The smallest absolute Gasteiger partial charge is 0.250 e. The van der Waals surface area contributed by atoms with Crippen molar-refractivity contribution in [2.75, 3.05) is 5.32 Å². The van der Waals surface area contributed by atoms with Crippen molar-refractivity contribution in [1.82, 2.24) is 9.97 Å². The number of nitrogens with one attached hydrogen (secondary N) is 2. The molecule has 3 rings (SSSR count). The molecule has 2 aromatic heterocycles. The van der Waals surface area contributed by atoms with Crippen LogP contribution in [0, 0.1) is 0 Å². The van der Waals surface area contributed by atoms with Crippen LogP contribution >= 0.6 is 15.9 Å². The second kappa shape index (κ2) is 5.34. The maximum absolute atomic E-state index is 11.8. The maximum Gasteiger partial charge on any atom is 0.250 e. The van der Waals surface area contributed by atoms with Crippen LogP contribution in [0.15, 0.2) is 51.6 Å². The summed E-state index contributed by atoms with van der Waals surface area (Å²) < 4.78 is 5.88. The molecule has 0 saturated carbocycles. The Kier molecular flexibility index (Phi) is 3.39.